The molecule has 1 fully saturated rings. The van der Waals surface area contributed by atoms with Crippen molar-refractivity contribution < 1.29 is 9.53 Å². The molecule has 0 radical (unpaired) electrons. The maximum atomic E-state index is 12.8. The number of fused-ring (bicyclic) bond motifs is 1. The Bertz CT molecular complexity index is 579. The van der Waals surface area contributed by atoms with Gasteiger partial charge in [0.05, 0.1) is 0 Å². The number of benzene rings is 1. The molecule has 0 unspecified atom stereocenters. The van der Waals surface area contributed by atoms with Gasteiger partial charge in [-0.25, -0.2) is 0 Å². The van der Waals surface area contributed by atoms with E-state index >= 15 is 0 Å². The molecular weight excluding hydrogens is 248 g/mol. The lowest BCUT2D eigenvalue weighted by atomic mass is 9.96. The van der Waals surface area contributed by atoms with Gasteiger partial charge in [0.25, 0.3) is 0 Å². The summed E-state index contributed by atoms with van der Waals surface area (Å²) in [7, 11) is 0. The second kappa shape index (κ2) is 3.66. The molecule has 0 saturated heterocycles. The van der Waals surface area contributed by atoms with E-state index in [0.29, 0.717) is 0 Å². The molecule has 0 atom stereocenters. The standard InChI is InChI=1S/C18H24O2/c1-16(2)10-12-9-11(7-8-13(12)20-16)14(19)15-17(3,4)18(15,5)6/h7-9,15H,10H2,1-6H3. The first kappa shape index (κ1) is 13.7. The second-order valence-corrected chi connectivity index (χ2v) is 8.10. The molecule has 2 heteroatoms. The van der Waals surface area contributed by atoms with Gasteiger partial charge < -0.3 is 4.74 Å². The predicted octanol–water partition coefficient (Wildman–Crippen LogP) is 4.27. The van der Waals surface area contributed by atoms with Crippen LogP contribution in [-0.4, -0.2) is 11.4 Å². The summed E-state index contributed by atoms with van der Waals surface area (Å²) in [5.74, 6) is 1.34. The average molecular weight is 272 g/mol. The Hall–Kier alpha value is -1.31. The number of hydrogen-bond donors (Lipinski definition) is 0. The minimum atomic E-state index is -0.151. The summed E-state index contributed by atoms with van der Waals surface area (Å²) in [4.78, 5) is 12.8. The van der Waals surface area contributed by atoms with Crippen LogP contribution in [0.3, 0.4) is 0 Å². The highest BCUT2D eigenvalue weighted by Crippen LogP contribution is 2.69. The third-order valence-corrected chi connectivity index (χ3v) is 5.63. The van der Waals surface area contributed by atoms with Gasteiger partial charge in [-0.1, -0.05) is 27.7 Å². The van der Waals surface area contributed by atoms with E-state index in [-0.39, 0.29) is 28.1 Å². The van der Waals surface area contributed by atoms with Crippen molar-refractivity contribution in [1.29, 1.82) is 0 Å². The van der Waals surface area contributed by atoms with E-state index in [2.05, 4.69) is 41.5 Å². The Balaban J connectivity index is 1.90. The average Bonchev–Trinajstić information content (AvgIpc) is 2.59. The summed E-state index contributed by atoms with van der Waals surface area (Å²) < 4.78 is 5.88. The first-order valence-electron chi connectivity index (χ1n) is 7.42. The summed E-state index contributed by atoms with van der Waals surface area (Å²) in [6.45, 7) is 12.9. The normalized spacial score (nSPS) is 24.9. The van der Waals surface area contributed by atoms with Crippen molar-refractivity contribution in [2.45, 2.75) is 53.6 Å². The molecule has 2 nitrogen and oxygen atoms in total. The molecule has 0 N–H and O–H groups in total. The Morgan fingerprint density at radius 2 is 1.70 bits per heavy atom. The van der Waals surface area contributed by atoms with Crippen LogP contribution in [0.5, 0.6) is 5.75 Å². The monoisotopic (exact) mass is 272 g/mol. The molecule has 2 aliphatic rings. The molecule has 20 heavy (non-hydrogen) atoms. The smallest absolute Gasteiger partial charge is 0.167 e. The van der Waals surface area contributed by atoms with Gasteiger partial charge in [-0.3, -0.25) is 4.79 Å². The predicted molar refractivity (Wildman–Crippen MR) is 80.2 cm³/mol. The number of carbonyl (C=O) groups is 1. The van der Waals surface area contributed by atoms with Crippen molar-refractivity contribution in [3.05, 3.63) is 29.3 Å². The maximum absolute atomic E-state index is 12.8. The van der Waals surface area contributed by atoms with E-state index in [1.54, 1.807) is 0 Å². The SMILES string of the molecule is CC1(C)Cc2cc(C(=O)C3C(C)(C)C3(C)C)ccc2O1. The third-order valence-electron chi connectivity index (χ3n) is 5.63. The number of rotatable bonds is 2. The lowest BCUT2D eigenvalue weighted by Crippen LogP contribution is -2.24. The second-order valence-electron chi connectivity index (χ2n) is 8.10. The molecule has 1 saturated carbocycles. The maximum Gasteiger partial charge on any atom is 0.167 e. The lowest BCUT2D eigenvalue weighted by Gasteiger charge is -2.16. The van der Waals surface area contributed by atoms with Gasteiger partial charge in [0.1, 0.15) is 11.4 Å². The van der Waals surface area contributed by atoms with Gasteiger partial charge >= 0.3 is 0 Å². The first-order chi connectivity index (χ1) is 9.06. The summed E-state index contributed by atoms with van der Waals surface area (Å²) >= 11 is 0. The van der Waals surface area contributed by atoms with Gasteiger partial charge in [0, 0.05) is 17.9 Å². The molecule has 0 spiro atoms. The number of ether oxygens (including phenoxy) is 1. The molecule has 1 aliphatic carbocycles. The quantitative estimate of drug-likeness (QED) is 0.752. The number of Topliss-reactive ketones (excluding diaryl/α,β-unsaturated/α-hetero) is 1. The zero-order valence-electron chi connectivity index (χ0n) is 13.3. The van der Waals surface area contributed by atoms with Crippen LogP contribution >= 0.6 is 0 Å². The molecule has 0 aromatic heterocycles. The largest absolute Gasteiger partial charge is 0.487 e. The zero-order chi connectivity index (χ0) is 14.9. The van der Waals surface area contributed by atoms with E-state index in [9.17, 15) is 4.79 Å². The van der Waals surface area contributed by atoms with Crippen LogP contribution in [-0.2, 0) is 6.42 Å². The summed E-state index contributed by atoms with van der Waals surface area (Å²) in [5, 5.41) is 0. The molecule has 1 heterocycles. The number of hydrogen-bond acceptors (Lipinski definition) is 2. The Kier molecular flexibility index (Phi) is 2.50. The van der Waals surface area contributed by atoms with E-state index in [4.69, 9.17) is 4.74 Å². The van der Waals surface area contributed by atoms with Crippen molar-refractivity contribution in [3.8, 4) is 5.75 Å². The minimum absolute atomic E-state index is 0.0961. The van der Waals surface area contributed by atoms with E-state index in [1.807, 2.05) is 18.2 Å². The zero-order valence-corrected chi connectivity index (χ0v) is 13.3. The highest BCUT2D eigenvalue weighted by atomic mass is 16.5. The lowest BCUT2D eigenvalue weighted by molar-refractivity contribution is 0.0945. The molecule has 0 bridgehead atoms. The highest BCUT2D eigenvalue weighted by Gasteiger charge is 2.67. The van der Waals surface area contributed by atoms with E-state index < -0.39 is 0 Å². The fraction of sp³-hybridized carbons (Fsp3) is 0.611. The van der Waals surface area contributed by atoms with Crippen LogP contribution in [0.2, 0.25) is 0 Å². The van der Waals surface area contributed by atoms with Crippen molar-refractivity contribution in [2.75, 3.05) is 0 Å². The number of ketones is 1. The molecular formula is C18H24O2. The fourth-order valence-corrected chi connectivity index (χ4v) is 3.78. The van der Waals surface area contributed by atoms with Gasteiger partial charge in [0.15, 0.2) is 5.78 Å². The third kappa shape index (κ3) is 1.73. The number of carbonyl (C=O) groups excluding carboxylic acids is 1. The Morgan fingerprint density at radius 1 is 1.10 bits per heavy atom. The highest BCUT2D eigenvalue weighted by molar-refractivity contribution is 6.01. The summed E-state index contributed by atoms with van der Waals surface area (Å²) in [6.07, 6.45) is 0.876. The minimum Gasteiger partial charge on any atom is -0.487 e. The van der Waals surface area contributed by atoms with Crippen LogP contribution in [0.15, 0.2) is 18.2 Å². The van der Waals surface area contributed by atoms with Gasteiger partial charge in [-0.15, -0.1) is 0 Å². The van der Waals surface area contributed by atoms with Crippen molar-refractivity contribution >= 4 is 5.78 Å². The van der Waals surface area contributed by atoms with Crippen LogP contribution in [0.4, 0.5) is 0 Å². The van der Waals surface area contributed by atoms with Crippen LogP contribution < -0.4 is 4.74 Å². The van der Waals surface area contributed by atoms with Crippen molar-refractivity contribution in [3.63, 3.8) is 0 Å². The fourth-order valence-electron chi connectivity index (χ4n) is 3.78. The van der Waals surface area contributed by atoms with Crippen LogP contribution in [0.25, 0.3) is 0 Å². The molecule has 108 valence electrons. The van der Waals surface area contributed by atoms with Gasteiger partial charge in [-0.2, -0.15) is 0 Å². The Morgan fingerprint density at radius 3 is 2.25 bits per heavy atom. The topological polar surface area (TPSA) is 26.3 Å². The van der Waals surface area contributed by atoms with Crippen LogP contribution in [0.1, 0.15) is 57.5 Å². The molecule has 1 aliphatic heterocycles. The molecule has 1 aromatic carbocycles. The van der Waals surface area contributed by atoms with E-state index in [0.717, 1.165) is 23.3 Å². The van der Waals surface area contributed by atoms with Crippen molar-refractivity contribution in [1.82, 2.24) is 0 Å². The van der Waals surface area contributed by atoms with E-state index in [1.165, 1.54) is 0 Å². The van der Waals surface area contributed by atoms with Crippen molar-refractivity contribution in [2.24, 2.45) is 16.7 Å². The van der Waals surface area contributed by atoms with Gasteiger partial charge in [-0.05, 0) is 48.4 Å². The molecule has 0 amide bonds. The Labute approximate surface area is 121 Å². The summed E-state index contributed by atoms with van der Waals surface area (Å²) in [6, 6.07) is 5.92. The molecule has 1 aromatic rings. The summed E-state index contributed by atoms with van der Waals surface area (Å²) in [5.41, 5.74) is 2.05. The van der Waals surface area contributed by atoms with Crippen LogP contribution in [0, 0.1) is 16.7 Å². The first-order valence-corrected chi connectivity index (χ1v) is 7.42. The molecule has 3 rings (SSSR count). The van der Waals surface area contributed by atoms with Gasteiger partial charge in [0.2, 0.25) is 0 Å².